The summed E-state index contributed by atoms with van der Waals surface area (Å²) in [4.78, 5) is 33.1. The number of hydrogen-bond acceptors (Lipinski definition) is 4. The molecule has 0 saturated carbocycles. The normalized spacial score (nSPS) is 9.90. The van der Waals surface area contributed by atoms with E-state index in [-0.39, 0.29) is 28.7 Å². The number of benzene rings is 1. The van der Waals surface area contributed by atoms with Crippen LogP contribution >= 0.6 is 11.6 Å². The Morgan fingerprint density at radius 3 is 2.65 bits per heavy atom. The Labute approximate surface area is 120 Å². The quantitative estimate of drug-likeness (QED) is 0.614. The minimum atomic E-state index is -0.674. The first kappa shape index (κ1) is 15.9. The summed E-state index contributed by atoms with van der Waals surface area (Å²) in [5, 5.41) is 15.6. The minimum Gasteiger partial charge on any atom is -0.355 e. The second kappa shape index (κ2) is 7.44. The minimum absolute atomic E-state index is 0.0489. The molecule has 1 aromatic carbocycles. The highest BCUT2D eigenvalue weighted by atomic mass is 35.5. The molecule has 0 atom stereocenters. The molecule has 0 bridgehead atoms. The lowest BCUT2D eigenvalue weighted by Gasteiger charge is -2.06. The summed E-state index contributed by atoms with van der Waals surface area (Å²) in [7, 11) is 0. The Morgan fingerprint density at radius 1 is 1.35 bits per heavy atom. The van der Waals surface area contributed by atoms with Crippen molar-refractivity contribution in [3.05, 3.63) is 38.9 Å². The molecule has 1 aromatic rings. The second-order valence-corrected chi connectivity index (χ2v) is 4.36. The maximum Gasteiger partial charge on any atom is 0.288 e. The molecule has 2 N–H and O–H groups in total. The fraction of sp³-hybridized carbons (Fsp3) is 0.333. The van der Waals surface area contributed by atoms with Crippen LogP contribution in [0.15, 0.2) is 18.2 Å². The Hall–Kier alpha value is -2.15. The van der Waals surface area contributed by atoms with Gasteiger partial charge in [0.25, 0.3) is 11.6 Å². The molecule has 0 aliphatic rings. The average Bonchev–Trinajstić information content (AvgIpc) is 2.42. The summed E-state index contributed by atoms with van der Waals surface area (Å²) in [5.74, 6) is -0.889. The van der Waals surface area contributed by atoms with Crippen molar-refractivity contribution in [3.8, 4) is 0 Å². The van der Waals surface area contributed by atoms with Crippen molar-refractivity contribution in [2.75, 3.05) is 13.1 Å². The van der Waals surface area contributed by atoms with Crippen LogP contribution in [-0.4, -0.2) is 29.8 Å². The SMILES string of the molecule is CCCNC(=O)CNC(=O)c1ccc(Cl)c([N+](=O)[O-])c1. The largest absolute Gasteiger partial charge is 0.355 e. The van der Waals surface area contributed by atoms with E-state index in [1.165, 1.54) is 12.1 Å². The number of rotatable bonds is 6. The van der Waals surface area contributed by atoms with Crippen LogP contribution in [0.5, 0.6) is 0 Å². The highest BCUT2D eigenvalue weighted by Gasteiger charge is 2.16. The smallest absolute Gasteiger partial charge is 0.288 e. The number of halogens is 1. The van der Waals surface area contributed by atoms with E-state index in [2.05, 4.69) is 10.6 Å². The maximum atomic E-state index is 11.8. The third kappa shape index (κ3) is 4.51. The number of carbonyl (C=O) groups is 2. The average molecular weight is 300 g/mol. The predicted molar refractivity (Wildman–Crippen MR) is 73.7 cm³/mol. The van der Waals surface area contributed by atoms with E-state index in [4.69, 9.17) is 11.6 Å². The van der Waals surface area contributed by atoms with Gasteiger partial charge in [-0.05, 0) is 18.6 Å². The summed E-state index contributed by atoms with van der Waals surface area (Å²) >= 11 is 5.64. The molecule has 2 amide bonds. The van der Waals surface area contributed by atoms with Crippen LogP contribution in [0, 0.1) is 10.1 Å². The monoisotopic (exact) mass is 299 g/mol. The molecule has 1 rings (SSSR count). The number of nitro groups is 1. The van der Waals surface area contributed by atoms with Gasteiger partial charge in [-0.2, -0.15) is 0 Å². The summed E-state index contributed by atoms with van der Waals surface area (Å²) in [6, 6.07) is 3.70. The third-order valence-corrected chi connectivity index (χ3v) is 2.71. The lowest BCUT2D eigenvalue weighted by Crippen LogP contribution is -2.37. The van der Waals surface area contributed by atoms with Gasteiger partial charge >= 0.3 is 0 Å². The number of nitrogens with one attached hydrogen (secondary N) is 2. The standard InChI is InChI=1S/C12H14ClN3O4/c1-2-5-14-11(17)7-15-12(18)8-3-4-9(13)10(6-8)16(19)20/h3-4,6H,2,5,7H2,1H3,(H,14,17)(H,15,18). The van der Waals surface area contributed by atoms with Crippen molar-refractivity contribution in [1.82, 2.24) is 10.6 Å². The zero-order chi connectivity index (χ0) is 15.1. The van der Waals surface area contributed by atoms with Crippen LogP contribution < -0.4 is 10.6 Å². The highest BCUT2D eigenvalue weighted by Crippen LogP contribution is 2.24. The Balaban J connectivity index is 2.66. The van der Waals surface area contributed by atoms with Gasteiger partial charge in [-0.3, -0.25) is 19.7 Å². The predicted octanol–water partition coefficient (Wildman–Crippen LogP) is 1.50. The van der Waals surface area contributed by atoms with Crippen LogP contribution in [0.3, 0.4) is 0 Å². The fourth-order valence-electron chi connectivity index (χ4n) is 1.38. The number of hydrogen-bond donors (Lipinski definition) is 2. The topological polar surface area (TPSA) is 101 Å². The first-order valence-electron chi connectivity index (χ1n) is 5.94. The van der Waals surface area contributed by atoms with Gasteiger partial charge in [0.2, 0.25) is 5.91 Å². The van der Waals surface area contributed by atoms with Crippen LogP contribution in [-0.2, 0) is 4.79 Å². The first-order valence-corrected chi connectivity index (χ1v) is 6.32. The van der Waals surface area contributed by atoms with E-state index in [1.807, 2.05) is 6.92 Å². The van der Waals surface area contributed by atoms with Crippen LogP contribution in [0.25, 0.3) is 0 Å². The van der Waals surface area contributed by atoms with Crippen LogP contribution in [0.4, 0.5) is 5.69 Å². The molecule has 0 aromatic heterocycles. The molecule has 0 saturated heterocycles. The van der Waals surface area contributed by atoms with Crippen LogP contribution in [0.1, 0.15) is 23.7 Å². The zero-order valence-corrected chi connectivity index (χ0v) is 11.6. The van der Waals surface area contributed by atoms with Gasteiger partial charge in [0, 0.05) is 18.2 Å². The molecule has 0 unspecified atom stereocenters. The van der Waals surface area contributed by atoms with E-state index in [0.717, 1.165) is 12.5 Å². The van der Waals surface area contributed by atoms with Gasteiger partial charge < -0.3 is 10.6 Å². The zero-order valence-electron chi connectivity index (χ0n) is 10.8. The van der Waals surface area contributed by atoms with E-state index >= 15 is 0 Å². The molecule has 0 aliphatic carbocycles. The first-order chi connectivity index (χ1) is 9.45. The lowest BCUT2D eigenvalue weighted by atomic mass is 10.2. The molecule has 0 radical (unpaired) electrons. The Bertz CT molecular complexity index is 533. The number of amides is 2. The Morgan fingerprint density at radius 2 is 2.05 bits per heavy atom. The van der Waals surface area contributed by atoms with Crippen molar-refractivity contribution < 1.29 is 14.5 Å². The van der Waals surface area contributed by atoms with E-state index in [0.29, 0.717) is 6.54 Å². The van der Waals surface area contributed by atoms with Gasteiger partial charge in [-0.15, -0.1) is 0 Å². The maximum absolute atomic E-state index is 11.8. The van der Waals surface area contributed by atoms with Gasteiger partial charge in [-0.1, -0.05) is 18.5 Å². The number of carbonyl (C=O) groups excluding carboxylic acids is 2. The van der Waals surface area contributed by atoms with Gasteiger partial charge in [-0.25, -0.2) is 0 Å². The second-order valence-electron chi connectivity index (χ2n) is 3.96. The molecule has 0 fully saturated rings. The highest BCUT2D eigenvalue weighted by molar-refractivity contribution is 6.32. The Kier molecular flexibility index (Phi) is 5.92. The molecule has 0 heterocycles. The third-order valence-electron chi connectivity index (χ3n) is 2.39. The van der Waals surface area contributed by atoms with Crippen molar-refractivity contribution in [1.29, 1.82) is 0 Å². The van der Waals surface area contributed by atoms with Crippen molar-refractivity contribution in [2.24, 2.45) is 0 Å². The summed E-state index contributed by atoms with van der Waals surface area (Å²) in [6.07, 6.45) is 0.795. The van der Waals surface area contributed by atoms with Crippen molar-refractivity contribution in [3.63, 3.8) is 0 Å². The summed E-state index contributed by atoms with van der Waals surface area (Å²) in [6.45, 7) is 2.25. The molecule has 7 nitrogen and oxygen atoms in total. The number of nitro benzene ring substituents is 1. The van der Waals surface area contributed by atoms with Crippen LogP contribution in [0.2, 0.25) is 5.02 Å². The molecule has 20 heavy (non-hydrogen) atoms. The van der Waals surface area contributed by atoms with E-state index in [9.17, 15) is 19.7 Å². The van der Waals surface area contributed by atoms with Crippen molar-refractivity contribution >= 4 is 29.1 Å². The van der Waals surface area contributed by atoms with Gasteiger partial charge in [0.1, 0.15) is 5.02 Å². The molecular weight excluding hydrogens is 286 g/mol. The molecule has 0 aliphatic heterocycles. The van der Waals surface area contributed by atoms with E-state index in [1.54, 1.807) is 0 Å². The number of nitrogens with zero attached hydrogens (tertiary/aromatic N) is 1. The summed E-state index contributed by atoms with van der Waals surface area (Å²) < 4.78 is 0. The summed E-state index contributed by atoms with van der Waals surface area (Å²) in [5.41, 5.74) is -0.279. The molecule has 108 valence electrons. The molecule has 8 heteroatoms. The van der Waals surface area contributed by atoms with Gasteiger partial charge in [0.05, 0.1) is 11.5 Å². The van der Waals surface area contributed by atoms with Crippen molar-refractivity contribution in [2.45, 2.75) is 13.3 Å². The van der Waals surface area contributed by atoms with Gasteiger partial charge in [0.15, 0.2) is 0 Å². The lowest BCUT2D eigenvalue weighted by molar-refractivity contribution is -0.384. The fourth-order valence-corrected chi connectivity index (χ4v) is 1.57. The molecular formula is C12H14ClN3O4. The molecule has 0 spiro atoms. The van der Waals surface area contributed by atoms with E-state index < -0.39 is 10.8 Å².